The van der Waals surface area contributed by atoms with E-state index < -0.39 is 0 Å². The Bertz CT molecular complexity index is 97.3. The SMILES string of the molecule is C=CC=C=CCC.[CH3-].[CH3-].[Ru+2]. The summed E-state index contributed by atoms with van der Waals surface area (Å²) in [5, 5.41) is 0. The average molecular weight is 225 g/mol. The van der Waals surface area contributed by atoms with Crippen LogP contribution in [0.3, 0.4) is 0 Å². The summed E-state index contributed by atoms with van der Waals surface area (Å²) >= 11 is 0. The Labute approximate surface area is 78.5 Å². The second-order valence-electron chi connectivity index (χ2n) is 1.18. The van der Waals surface area contributed by atoms with Gasteiger partial charge in [-0.25, -0.2) is 0 Å². The van der Waals surface area contributed by atoms with Crippen molar-refractivity contribution in [1.82, 2.24) is 0 Å². The molecule has 0 heterocycles. The monoisotopic (exact) mass is 226 g/mol. The van der Waals surface area contributed by atoms with E-state index in [1.807, 2.05) is 6.08 Å². The normalized spacial score (nSPS) is 4.50. The predicted molar refractivity (Wildman–Crippen MR) is 46.0 cm³/mol. The minimum absolute atomic E-state index is 0. The van der Waals surface area contributed by atoms with Gasteiger partial charge in [-0.1, -0.05) is 19.6 Å². The third kappa shape index (κ3) is 24.8. The van der Waals surface area contributed by atoms with Crippen LogP contribution in [0.5, 0.6) is 0 Å². The van der Waals surface area contributed by atoms with Crippen molar-refractivity contribution < 1.29 is 19.5 Å². The molecule has 0 fully saturated rings. The fourth-order valence-corrected chi connectivity index (χ4v) is 0.254. The molecule has 0 nitrogen and oxygen atoms in total. The van der Waals surface area contributed by atoms with E-state index in [9.17, 15) is 0 Å². The first kappa shape index (κ1) is 22.5. The van der Waals surface area contributed by atoms with Crippen LogP contribution in [0.1, 0.15) is 13.3 Å². The van der Waals surface area contributed by atoms with Crippen molar-refractivity contribution in [2.45, 2.75) is 13.3 Å². The topological polar surface area (TPSA) is 0 Å². The van der Waals surface area contributed by atoms with E-state index >= 15 is 0 Å². The zero-order chi connectivity index (χ0) is 5.54. The van der Waals surface area contributed by atoms with Crippen LogP contribution in [0, 0.1) is 14.9 Å². The van der Waals surface area contributed by atoms with Crippen molar-refractivity contribution in [2.24, 2.45) is 0 Å². The summed E-state index contributed by atoms with van der Waals surface area (Å²) in [5.41, 5.74) is 2.92. The quantitative estimate of drug-likeness (QED) is 0.293. The predicted octanol–water partition coefficient (Wildman–Crippen LogP) is 3.19. The molecule has 0 spiro atoms. The van der Waals surface area contributed by atoms with Crippen LogP contribution in [-0.4, -0.2) is 0 Å². The van der Waals surface area contributed by atoms with Crippen LogP contribution in [0.4, 0.5) is 0 Å². The largest absolute Gasteiger partial charge is 2.00 e. The molecule has 0 saturated heterocycles. The van der Waals surface area contributed by atoms with Gasteiger partial charge in [0.05, 0.1) is 0 Å². The van der Waals surface area contributed by atoms with Crippen LogP contribution in [0.15, 0.2) is 30.5 Å². The molecule has 0 amide bonds. The van der Waals surface area contributed by atoms with Gasteiger partial charge >= 0.3 is 19.5 Å². The van der Waals surface area contributed by atoms with Crippen molar-refractivity contribution in [3.05, 3.63) is 45.4 Å². The summed E-state index contributed by atoms with van der Waals surface area (Å²) < 4.78 is 0. The van der Waals surface area contributed by atoms with Gasteiger partial charge in [0.15, 0.2) is 0 Å². The molecule has 0 aromatic heterocycles. The Morgan fingerprint density at radius 3 is 2.20 bits per heavy atom. The number of hydrogen-bond acceptors (Lipinski definition) is 0. The molecule has 0 rings (SSSR count). The summed E-state index contributed by atoms with van der Waals surface area (Å²) in [6.45, 7) is 5.57. The molecule has 0 unspecified atom stereocenters. The average Bonchev–Trinajstić information content (AvgIpc) is 1.69. The van der Waals surface area contributed by atoms with Gasteiger partial charge in [-0.3, -0.25) is 0 Å². The zero-order valence-corrected chi connectivity index (χ0v) is 8.74. The third-order valence-corrected chi connectivity index (χ3v) is 0.536. The smallest absolute Gasteiger partial charge is 0.358 e. The minimum atomic E-state index is 0. The second kappa shape index (κ2) is 23.2. The Morgan fingerprint density at radius 2 is 1.90 bits per heavy atom. The Balaban J connectivity index is -0.0000000600. The molecule has 0 saturated carbocycles. The maximum Gasteiger partial charge on any atom is 2.00 e. The van der Waals surface area contributed by atoms with Crippen molar-refractivity contribution in [1.29, 1.82) is 0 Å². The molecule has 0 aromatic rings. The maximum absolute atomic E-state index is 3.49. The number of hydrogen-bond donors (Lipinski definition) is 0. The van der Waals surface area contributed by atoms with Crippen molar-refractivity contribution in [2.75, 3.05) is 0 Å². The van der Waals surface area contributed by atoms with Crippen LogP contribution < -0.4 is 0 Å². The van der Waals surface area contributed by atoms with E-state index in [-0.39, 0.29) is 34.3 Å². The molecule has 0 aliphatic heterocycles. The van der Waals surface area contributed by atoms with E-state index in [2.05, 4.69) is 19.2 Å². The maximum atomic E-state index is 3.49. The molecule has 0 radical (unpaired) electrons. The molecule has 0 aliphatic rings. The molecular formula is C9H16Ru. The molecule has 0 aromatic carbocycles. The Kier molecular flexibility index (Phi) is 52.2. The van der Waals surface area contributed by atoms with Crippen LogP contribution >= 0.6 is 0 Å². The molecular weight excluding hydrogens is 209 g/mol. The minimum Gasteiger partial charge on any atom is -0.358 e. The van der Waals surface area contributed by atoms with Gasteiger partial charge < -0.3 is 14.9 Å². The van der Waals surface area contributed by atoms with Crippen molar-refractivity contribution >= 4 is 0 Å². The number of rotatable bonds is 2. The summed E-state index contributed by atoms with van der Waals surface area (Å²) in [4.78, 5) is 0. The molecule has 0 aliphatic carbocycles. The van der Waals surface area contributed by atoms with Crippen LogP contribution in [0.25, 0.3) is 0 Å². The number of allylic oxidation sites excluding steroid dienone is 2. The molecule has 0 atom stereocenters. The van der Waals surface area contributed by atoms with E-state index in [0.717, 1.165) is 6.42 Å². The first-order chi connectivity index (χ1) is 3.41. The summed E-state index contributed by atoms with van der Waals surface area (Å²) in [6, 6.07) is 0. The Hall–Kier alpha value is -0.117. The fraction of sp³-hybridized carbons (Fsp3) is 0.222. The van der Waals surface area contributed by atoms with Crippen molar-refractivity contribution in [3.63, 3.8) is 0 Å². The van der Waals surface area contributed by atoms with Crippen molar-refractivity contribution in [3.8, 4) is 0 Å². The molecule has 60 valence electrons. The van der Waals surface area contributed by atoms with Gasteiger partial charge in [0.1, 0.15) is 0 Å². The van der Waals surface area contributed by atoms with Crippen LogP contribution in [-0.2, 0) is 19.5 Å². The van der Waals surface area contributed by atoms with Gasteiger partial charge in [-0.15, -0.1) is 5.73 Å². The third-order valence-electron chi connectivity index (χ3n) is 0.536. The first-order valence-electron chi connectivity index (χ1n) is 2.43. The molecule has 0 bridgehead atoms. The molecule has 10 heavy (non-hydrogen) atoms. The van der Waals surface area contributed by atoms with Crippen LogP contribution in [0.2, 0.25) is 0 Å². The van der Waals surface area contributed by atoms with E-state index in [1.165, 1.54) is 0 Å². The molecule has 0 N–H and O–H groups in total. The summed E-state index contributed by atoms with van der Waals surface area (Å²) in [6.07, 6.45) is 6.52. The van der Waals surface area contributed by atoms with Gasteiger partial charge in [0.2, 0.25) is 0 Å². The fourth-order valence-electron chi connectivity index (χ4n) is 0.254. The standard InChI is InChI=1S/C7H10.2CH3.Ru/c1-3-5-7-6-4-2;;;/h3,5-6H,1,4H2,2H3;2*1H3;/q;2*-1;+2. The van der Waals surface area contributed by atoms with Gasteiger partial charge in [-0.05, 0) is 18.6 Å². The second-order valence-corrected chi connectivity index (χ2v) is 1.18. The van der Waals surface area contributed by atoms with Gasteiger partial charge in [-0.2, -0.15) is 0 Å². The van der Waals surface area contributed by atoms with E-state index in [0.29, 0.717) is 0 Å². The Morgan fingerprint density at radius 1 is 1.40 bits per heavy atom. The first-order valence-corrected chi connectivity index (χ1v) is 2.43. The van der Waals surface area contributed by atoms with E-state index in [1.54, 1.807) is 12.2 Å². The van der Waals surface area contributed by atoms with Gasteiger partial charge in [0.25, 0.3) is 0 Å². The summed E-state index contributed by atoms with van der Waals surface area (Å²) in [7, 11) is 0. The zero-order valence-electron chi connectivity index (χ0n) is 7.00. The summed E-state index contributed by atoms with van der Waals surface area (Å²) in [5.74, 6) is 0. The van der Waals surface area contributed by atoms with Gasteiger partial charge in [0, 0.05) is 0 Å². The molecule has 1 heteroatoms. The van der Waals surface area contributed by atoms with E-state index in [4.69, 9.17) is 0 Å².